The van der Waals surface area contributed by atoms with Crippen LogP contribution >= 0.6 is 15.9 Å². The number of amides is 3. The number of carbonyl (C=O) groups excluding carboxylic acids is 2. The first-order valence-electron chi connectivity index (χ1n) is 7.55. The molecule has 0 aliphatic heterocycles. The second-order valence-corrected chi connectivity index (χ2v) is 6.47. The summed E-state index contributed by atoms with van der Waals surface area (Å²) in [7, 11) is 1.75. The fourth-order valence-electron chi connectivity index (χ4n) is 2.39. The van der Waals surface area contributed by atoms with E-state index in [4.69, 9.17) is 5.73 Å². The molecule has 126 valence electrons. The number of carbonyl (C=O) groups is 2. The highest BCUT2D eigenvalue weighted by molar-refractivity contribution is 9.10. The number of nitrogens with two attached hydrogens (primary N) is 1. The number of nitrogens with one attached hydrogen (secondary N) is 1. The van der Waals surface area contributed by atoms with Crippen molar-refractivity contribution in [2.75, 3.05) is 7.05 Å². The molecule has 3 N–H and O–H groups in total. The zero-order chi connectivity index (χ0) is 17.5. The van der Waals surface area contributed by atoms with Gasteiger partial charge in [-0.3, -0.25) is 4.79 Å². The third-order valence-electron chi connectivity index (χ3n) is 3.66. The smallest absolute Gasteiger partial charge is 0.312 e. The fraction of sp³-hybridized carbons (Fsp3) is 0.222. The second-order valence-electron chi connectivity index (χ2n) is 5.55. The number of nitrogens with zero attached hydrogens (tertiary/aromatic N) is 1. The Morgan fingerprint density at radius 1 is 1.12 bits per heavy atom. The lowest BCUT2D eigenvalue weighted by molar-refractivity contribution is -0.130. The van der Waals surface area contributed by atoms with Gasteiger partial charge in [-0.15, -0.1) is 0 Å². The van der Waals surface area contributed by atoms with Gasteiger partial charge in [-0.25, -0.2) is 4.79 Å². The van der Waals surface area contributed by atoms with Gasteiger partial charge in [-0.2, -0.15) is 0 Å². The van der Waals surface area contributed by atoms with Crippen LogP contribution in [0.15, 0.2) is 59.1 Å². The third-order valence-corrected chi connectivity index (χ3v) is 4.18. The van der Waals surface area contributed by atoms with Crippen LogP contribution in [-0.4, -0.2) is 23.9 Å². The molecule has 1 atom stereocenters. The predicted octanol–water partition coefficient (Wildman–Crippen LogP) is 3.21. The van der Waals surface area contributed by atoms with Crippen molar-refractivity contribution in [1.82, 2.24) is 10.2 Å². The topological polar surface area (TPSA) is 75.4 Å². The van der Waals surface area contributed by atoms with Crippen molar-refractivity contribution in [2.45, 2.75) is 19.0 Å². The van der Waals surface area contributed by atoms with Gasteiger partial charge < -0.3 is 16.0 Å². The fourth-order valence-corrected chi connectivity index (χ4v) is 2.66. The van der Waals surface area contributed by atoms with Crippen LogP contribution in [0.2, 0.25) is 0 Å². The van der Waals surface area contributed by atoms with Crippen molar-refractivity contribution in [3.63, 3.8) is 0 Å². The Balaban J connectivity index is 2.06. The molecule has 0 heterocycles. The van der Waals surface area contributed by atoms with Gasteiger partial charge in [-0.05, 0) is 23.3 Å². The molecule has 1 unspecified atom stereocenters. The largest absolute Gasteiger partial charge is 0.352 e. The Bertz CT molecular complexity index is 689. The summed E-state index contributed by atoms with van der Waals surface area (Å²) in [6.07, 6.45) is 0.147. The number of hydrogen-bond donors (Lipinski definition) is 2. The van der Waals surface area contributed by atoms with Gasteiger partial charge in [0.25, 0.3) is 0 Å². The van der Waals surface area contributed by atoms with Crippen LogP contribution in [0.5, 0.6) is 0 Å². The van der Waals surface area contributed by atoms with E-state index < -0.39 is 12.1 Å². The van der Waals surface area contributed by atoms with Crippen LogP contribution in [0.1, 0.15) is 23.6 Å². The van der Waals surface area contributed by atoms with Crippen LogP contribution < -0.4 is 11.1 Å². The molecule has 0 aliphatic rings. The molecule has 2 aromatic rings. The van der Waals surface area contributed by atoms with Gasteiger partial charge in [0.1, 0.15) is 0 Å². The number of benzene rings is 2. The first-order valence-corrected chi connectivity index (χ1v) is 8.34. The first-order chi connectivity index (χ1) is 11.5. The summed E-state index contributed by atoms with van der Waals surface area (Å²) in [6.45, 7) is 0.517. The summed E-state index contributed by atoms with van der Waals surface area (Å²) < 4.78 is 0.927. The molecular formula is C18H20BrN3O2. The van der Waals surface area contributed by atoms with Gasteiger partial charge in [0.05, 0.1) is 12.5 Å². The predicted molar refractivity (Wildman–Crippen MR) is 97.1 cm³/mol. The average Bonchev–Trinajstić information content (AvgIpc) is 2.55. The molecule has 0 saturated carbocycles. The highest BCUT2D eigenvalue weighted by Crippen LogP contribution is 2.21. The average molecular weight is 390 g/mol. The molecule has 2 rings (SSSR count). The number of hydrogen-bond acceptors (Lipinski definition) is 2. The SMILES string of the molecule is CN(Cc1ccccc1)C(=O)CC(NC(N)=O)c1ccc(Br)cc1. The molecule has 6 heteroatoms. The Hall–Kier alpha value is -2.34. The van der Waals surface area contributed by atoms with Crippen LogP contribution in [0.3, 0.4) is 0 Å². The maximum Gasteiger partial charge on any atom is 0.312 e. The summed E-state index contributed by atoms with van der Waals surface area (Å²) in [5.74, 6) is -0.0690. The van der Waals surface area contributed by atoms with Gasteiger partial charge >= 0.3 is 6.03 Å². The molecule has 0 aromatic heterocycles. The minimum atomic E-state index is -0.651. The maximum atomic E-state index is 12.5. The molecule has 2 aromatic carbocycles. The van der Waals surface area contributed by atoms with Crippen molar-refractivity contribution in [1.29, 1.82) is 0 Å². The van der Waals surface area contributed by atoms with Gasteiger partial charge in [0.15, 0.2) is 0 Å². The van der Waals surface area contributed by atoms with Crippen LogP contribution in [-0.2, 0) is 11.3 Å². The Labute approximate surface area is 150 Å². The Morgan fingerprint density at radius 3 is 2.33 bits per heavy atom. The zero-order valence-corrected chi connectivity index (χ0v) is 15.0. The van der Waals surface area contributed by atoms with E-state index in [1.54, 1.807) is 11.9 Å². The van der Waals surface area contributed by atoms with Crippen LogP contribution in [0, 0.1) is 0 Å². The molecular weight excluding hydrogens is 370 g/mol. The minimum absolute atomic E-state index is 0.0690. The number of rotatable bonds is 6. The van der Waals surface area contributed by atoms with E-state index in [9.17, 15) is 9.59 Å². The maximum absolute atomic E-state index is 12.5. The normalized spacial score (nSPS) is 11.6. The summed E-state index contributed by atoms with van der Waals surface area (Å²) in [6, 6.07) is 16.1. The van der Waals surface area contributed by atoms with E-state index in [-0.39, 0.29) is 12.3 Å². The highest BCUT2D eigenvalue weighted by Gasteiger charge is 2.20. The highest BCUT2D eigenvalue weighted by atomic mass is 79.9. The van der Waals surface area contributed by atoms with Crippen LogP contribution in [0.4, 0.5) is 4.79 Å². The van der Waals surface area contributed by atoms with Crippen molar-refractivity contribution in [2.24, 2.45) is 5.73 Å². The molecule has 0 spiro atoms. The summed E-state index contributed by atoms with van der Waals surface area (Å²) in [4.78, 5) is 25.4. The molecule has 0 fully saturated rings. The summed E-state index contributed by atoms with van der Waals surface area (Å²) in [5.41, 5.74) is 7.14. The van der Waals surface area contributed by atoms with Crippen LogP contribution in [0.25, 0.3) is 0 Å². The van der Waals surface area contributed by atoms with E-state index in [1.807, 2.05) is 54.6 Å². The summed E-state index contributed by atoms with van der Waals surface area (Å²) >= 11 is 3.37. The first kappa shape index (κ1) is 18.0. The lowest BCUT2D eigenvalue weighted by Crippen LogP contribution is -2.37. The van der Waals surface area contributed by atoms with E-state index in [2.05, 4.69) is 21.2 Å². The van der Waals surface area contributed by atoms with Crippen molar-refractivity contribution in [3.8, 4) is 0 Å². The minimum Gasteiger partial charge on any atom is -0.352 e. The summed E-state index contributed by atoms with van der Waals surface area (Å²) in [5, 5.41) is 2.64. The van der Waals surface area contributed by atoms with E-state index in [0.717, 1.165) is 15.6 Å². The number of primary amides is 1. The quantitative estimate of drug-likeness (QED) is 0.795. The van der Waals surface area contributed by atoms with E-state index in [1.165, 1.54) is 0 Å². The molecule has 3 amide bonds. The number of urea groups is 1. The molecule has 0 radical (unpaired) electrons. The third kappa shape index (κ3) is 5.38. The molecule has 24 heavy (non-hydrogen) atoms. The molecule has 0 saturated heterocycles. The van der Waals surface area contributed by atoms with E-state index >= 15 is 0 Å². The van der Waals surface area contributed by atoms with E-state index in [0.29, 0.717) is 6.54 Å². The second kappa shape index (κ2) is 8.49. The molecule has 0 bridgehead atoms. The Morgan fingerprint density at radius 2 is 1.75 bits per heavy atom. The Kier molecular flexibility index (Phi) is 6.37. The molecule has 5 nitrogen and oxygen atoms in total. The van der Waals surface area contributed by atoms with Gasteiger partial charge in [0, 0.05) is 18.1 Å². The van der Waals surface area contributed by atoms with Crippen molar-refractivity contribution < 1.29 is 9.59 Å². The van der Waals surface area contributed by atoms with Crippen molar-refractivity contribution in [3.05, 3.63) is 70.2 Å². The standard InChI is InChI=1S/C18H20BrN3O2/c1-22(12-13-5-3-2-4-6-13)17(23)11-16(21-18(20)24)14-7-9-15(19)10-8-14/h2-10,16H,11-12H2,1H3,(H3,20,21,24). The van der Waals surface area contributed by atoms with Gasteiger partial charge in [-0.1, -0.05) is 58.4 Å². The lowest BCUT2D eigenvalue weighted by Gasteiger charge is -2.22. The monoisotopic (exact) mass is 389 g/mol. The lowest BCUT2D eigenvalue weighted by atomic mass is 10.0. The number of halogens is 1. The van der Waals surface area contributed by atoms with Gasteiger partial charge in [0.2, 0.25) is 5.91 Å². The van der Waals surface area contributed by atoms with Crippen molar-refractivity contribution >= 4 is 27.9 Å². The zero-order valence-electron chi connectivity index (χ0n) is 13.4. The molecule has 0 aliphatic carbocycles.